The zero-order chi connectivity index (χ0) is 12.3. The SMILES string of the molecule is C=CCOc1cccc(N2CC(=O)CC2=O)c1. The lowest BCUT2D eigenvalue weighted by Gasteiger charge is -2.15. The Balaban J connectivity index is 2.18. The van der Waals surface area contributed by atoms with E-state index >= 15 is 0 Å². The highest BCUT2D eigenvalue weighted by Gasteiger charge is 2.28. The second kappa shape index (κ2) is 4.82. The number of rotatable bonds is 4. The first kappa shape index (κ1) is 11.4. The molecule has 4 nitrogen and oxygen atoms in total. The van der Waals surface area contributed by atoms with Gasteiger partial charge in [0.2, 0.25) is 5.91 Å². The minimum atomic E-state index is -0.157. The lowest BCUT2D eigenvalue weighted by atomic mass is 10.3. The summed E-state index contributed by atoms with van der Waals surface area (Å²) in [7, 11) is 0. The second-order valence-corrected chi connectivity index (χ2v) is 3.79. The Kier molecular flexibility index (Phi) is 3.23. The van der Waals surface area contributed by atoms with E-state index in [4.69, 9.17) is 4.74 Å². The Bertz CT molecular complexity index is 467. The first-order valence-corrected chi connectivity index (χ1v) is 5.36. The van der Waals surface area contributed by atoms with Gasteiger partial charge in [-0.1, -0.05) is 18.7 Å². The van der Waals surface area contributed by atoms with Gasteiger partial charge in [-0.3, -0.25) is 9.59 Å². The number of hydrogen-bond acceptors (Lipinski definition) is 3. The first-order valence-electron chi connectivity index (χ1n) is 5.36. The maximum absolute atomic E-state index is 11.6. The molecule has 1 heterocycles. The molecule has 1 aliphatic heterocycles. The van der Waals surface area contributed by atoms with E-state index < -0.39 is 0 Å². The number of ether oxygens (including phenoxy) is 1. The molecular formula is C13H13NO3. The highest BCUT2D eigenvalue weighted by atomic mass is 16.5. The maximum atomic E-state index is 11.6. The van der Waals surface area contributed by atoms with Crippen LogP contribution in [0.5, 0.6) is 5.75 Å². The largest absolute Gasteiger partial charge is 0.489 e. The molecule has 0 unspecified atom stereocenters. The van der Waals surface area contributed by atoms with Gasteiger partial charge in [-0.2, -0.15) is 0 Å². The van der Waals surface area contributed by atoms with Crippen molar-refractivity contribution >= 4 is 17.4 Å². The van der Waals surface area contributed by atoms with E-state index in [1.165, 1.54) is 4.90 Å². The highest BCUT2D eigenvalue weighted by Crippen LogP contribution is 2.24. The van der Waals surface area contributed by atoms with Crippen LogP contribution in [0.2, 0.25) is 0 Å². The van der Waals surface area contributed by atoms with Crippen molar-refractivity contribution < 1.29 is 14.3 Å². The molecule has 0 aliphatic carbocycles. The van der Waals surface area contributed by atoms with Crippen molar-refractivity contribution in [3.05, 3.63) is 36.9 Å². The van der Waals surface area contributed by atoms with Crippen LogP contribution in [0.1, 0.15) is 6.42 Å². The fourth-order valence-electron chi connectivity index (χ4n) is 1.72. The van der Waals surface area contributed by atoms with Crippen LogP contribution in [0, 0.1) is 0 Å². The minimum Gasteiger partial charge on any atom is -0.489 e. The molecule has 1 aromatic carbocycles. The lowest BCUT2D eigenvalue weighted by Crippen LogP contribution is -2.24. The van der Waals surface area contributed by atoms with E-state index in [2.05, 4.69) is 6.58 Å². The summed E-state index contributed by atoms with van der Waals surface area (Å²) >= 11 is 0. The normalized spacial score (nSPS) is 15.2. The Labute approximate surface area is 99.5 Å². The van der Waals surface area contributed by atoms with Gasteiger partial charge in [-0.05, 0) is 12.1 Å². The van der Waals surface area contributed by atoms with Crippen LogP contribution in [-0.2, 0) is 9.59 Å². The molecule has 0 radical (unpaired) electrons. The molecule has 88 valence electrons. The molecule has 0 spiro atoms. The minimum absolute atomic E-state index is 0.00224. The molecule has 4 heteroatoms. The average Bonchev–Trinajstić information content (AvgIpc) is 2.66. The highest BCUT2D eigenvalue weighted by molar-refractivity contribution is 6.15. The van der Waals surface area contributed by atoms with Gasteiger partial charge < -0.3 is 9.64 Å². The number of anilines is 1. The first-order chi connectivity index (χ1) is 8.20. The van der Waals surface area contributed by atoms with Gasteiger partial charge in [-0.25, -0.2) is 0 Å². The van der Waals surface area contributed by atoms with Crippen LogP contribution in [0.3, 0.4) is 0 Å². The molecule has 0 N–H and O–H groups in total. The Morgan fingerprint density at radius 3 is 2.88 bits per heavy atom. The van der Waals surface area contributed by atoms with Crippen molar-refractivity contribution in [1.82, 2.24) is 0 Å². The van der Waals surface area contributed by atoms with Gasteiger partial charge in [0.15, 0.2) is 5.78 Å². The van der Waals surface area contributed by atoms with Gasteiger partial charge in [0.25, 0.3) is 0 Å². The third-order valence-electron chi connectivity index (χ3n) is 2.48. The van der Waals surface area contributed by atoms with E-state index in [9.17, 15) is 9.59 Å². The number of nitrogens with zero attached hydrogens (tertiary/aromatic N) is 1. The number of ketones is 1. The monoisotopic (exact) mass is 231 g/mol. The molecule has 1 fully saturated rings. The summed E-state index contributed by atoms with van der Waals surface area (Å²) in [5.41, 5.74) is 0.697. The quantitative estimate of drug-likeness (QED) is 0.583. The van der Waals surface area contributed by atoms with Gasteiger partial charge in [0, 0.05) is 11.8 Å². The fraction of sp³-hybridized carbons (Fsp3) is 0.231. The molecule has 2 rings (SSSR count). The van der Waals surface area contributed by atoms with Crippen molar-refractivity contribution in [2.75, 3.05) is 18.1 Å². The summed E-state index contributed by atoms with van der Waals surface area (Å²) in [6.07, 6.45) is 1.65. The van der Waals surface area contributed by atoms with Crippen LogP contribution in [-0.4, -0.2) is 24.8 Å². The van der Waals surface area contributed by atoms with E-state index in [0.29, 0.717) is 18.0 Å². The number of carbonyl (C=O) groups excluding carboxylic acids is 2. The lowest BCUT2D eigenvalue weighted by molar-refractivity contribution is -0.121. The Hall–Kier alpha value is -2.10. The number of Topliss-reactive ketones (excluding diaryl/α,β-unsaturated/α-hetero) is 1. The van der Waals surface area contributed by atoms with Crippen molar-refractivity contribution in [2.45, 2.75) is 6.42 Å². The van der Waals surface area contributed by atoms with E-state index in [-0.39, 0.29) is 24.7 Å². The summed E-state index contributed by atoms with van der Waals surface area (Å²) in [4.78, 5) is 24.2. The van der Waals surface area contributed by atoms with E-state index in [0.717, 1.165) is 0 Å². The summed E-state index contributed by atoms with van der Waals surface area (Å²) in [5, 5.41) is 0. The molecule has 1 amide bonds. The van der Waals surface area contributed by atoms with Crippen LogP contribution >= 0.6 is 0 Å². The van der Waals surface area contributed by atoms with Crippen molar-refractivity contribution in [3.8, 4) is 5.75 Å². The fourth-order valence-corrected chi connectivity index (χ4v) is 1.72. The van der Waals surface area contributed by atoms with Crippen molar-refractivity contribution in [2.24, 2.45) is 0 Å². The zero-order valence-electron chi connectivity index (χ0n) is 9.39. The standard InChI is InChI=1S/C13H13NO3/c1-2-6-17-12-5-3-4-10(7-12)14-9-11(15)8-13(14)16/h2-5,7H,1,6,8-9H2. The van der Waals surface area contributed by atoms with Gasteiger partial charge in [0.05, 0.1) is 13.0 Å². The summed E-state index contributed by atoms with van der Waals surface area (Å²) in [6, 6.07) is 7.14. The maximum Gasteiger partial charge on any atom is 0.234 e. The summed E-state index contributed by atoms with van der Waals surface area (Å²) < 4.78 is 5.38. The van der Waals surface area contributed by atoms with Crippen molar-refractivity contribution in [1.29, 1.82) is 0 Å². The van der Waals surface area contributed by atoms with E-state index in [1.807, 2.05) is 0 Å². The van der Waals surface area contributed by atoms with E-state index in [1.54, 1.807) is 30.3 Å². The zero-order valence-corrected chi connectivity index (χ0v) is 9.39. The number of hydrogen-bond donors (Lipinski definition) is 0. The average molecular weight is 231 g/mol. The summed E-state index contributed by atoms with van der Waals surface area (Å²) in [5.74, 6) is 0.456. The topological polar surface area (TPSA) is 46.6 Å². The van der Waals surface area contributed by atoms with Crippen molar-refractivity contribution in [3.63, 3.8) is 0 Å². The van der Waals surface area contributed by atoms with Crippen LogP contribution < -0.4 is 9.64 Å². The molecule has 17 heavy (non-hydrogen) atoms. The number of amides is 1. The second-order valence-electron chi connectivity index (χ2n) is 3.79. The molecule has 0 saturated carbocycles. The Morgan fingerprint density at radius 1 is 1.41 bits per heavy atom. The van der Waals surface area contributed by atoms with Gasteiger partial charge in [-0.15, -0.1) is 0 Å². The predicted molar refractivity (Wildman–Crippen MR) is 64.1 cm³/mol. The smallest absolute Gasteiger partial charge is 0.234 e. The number of benzene rings is 1. The predicted octanol–water partition coefficient (Wildman–Crippen LogP) is 1.56. The van der Waals surface area contributed by atoms with Crippen LogP contribution in [0.25, 0.3) is 0 Å². The molecule has 1 aromatic rings. The van der Waals surface area contributed by atoms with Gasteiger partial charge >= 0.3 is 0 Å². The Morgan fingerprint density at radius 2 is 2.24 bits per heavy atom. The third-order valence-corrected chi connectivity index (χ3v) is 2.48. The molecule has 1 saturated heterocycles. The third kappa shape index (κ3) is 2.53. The molecule has 1 aliphatic rings. The number of carbonyl (C=O) groups is 2. The molecule has 0 atom stereocenters. The van der Waals surface area contributed by atoms with Gasteiger partial charge in [0.1, 0.15) is 12.4 Å². The van der Waals surface area contributed by atoms with Crippen LogP contribution in [0.4, 0.5) is 5.69 Å². The molecule has 0 aromatic heterocycles. The van der Waals surface area contributed by atoms with Crippen LogP contribution in [0.15, 0.2) is 36.9 Å². The molecular weight excluding hydrogens is 218 g/mol. The summed E-state index contributed by atoms with van der Waals surface area (Å²) in [6.45, 7) is 4.13. The molecule has 0 bridgehead atoms.